The molecule has 2 atom stereocenters. The highest BCUT2D eigenvalue weighted by atomic mass is 31.0. The summed E-state index contributed by atoms with van der Waals surface area (Å²) in [5.41, 5.74) is -0.0981. The van der Waals surface area contributed by atoms with E-state index in [1.54, 1.807) is 20.8 Å². The number of nitrogens with one attached hydrogen (secondary N) is 1. The first-order chi connectivity index (χ1) is 4.95. The smallest absolute Gasteiger partial charge is 0.223 e. The molecule has 0 aliphatic rings. The van der Waals surface area contributed by atoms with Gasteiger partial charge in [-0.3, -0.25) is 9.59 Å². The number of carbonyl (C=O) groups excluding carboxylic acids is 2. The summed E-state index contributed by atoms with van der Waals surface area (Å²) >= 11 is 0. The van der Waals surface area contributed by atoms with E-state index in [0.717, 1.165) is 0 Å². The van der Waals surface area contributed by atoms with Gasteiger partial charge in [-0.2, -0.15) is 0 Å². The Labute approximate surface area is 69.1 Å². The fraction of sp³-hybridized carbons (Fsp3) is 0.714. The Morgan fingerprint density at radius 3 is 2.00 bits per heavy atom. The van der Waals surface area contributed by atoms with Gasteiger partial charge in [0.1, 0.15) is 0 Å². The lowest BCUT2D eigenvalue weighted by Gasteiger charge is -2.11. The zero-order chi connectivity index (χ0) is 9.02. The quantitative estimate of drug-likeness (QED) is 0.636. The minimum absolute atomic E-state index is 0.0678. The van der Waals surface area contributed by atoms with Crippen molar-refractivity contribution in [1.82, 2.24) is 5.32 Å². The van der Waals surface area contributed by atoms with Crippen molar-refractivity contribution in [2.24, 2.45) is 5.92 Å². The summed E-state index contributed by atoms with van der Waals surface area (Å²) in [6.07, 6.45) is 0. The average Bonchev–Trinajstić information content (AvgIpc) is 1.87. The van der Waals surface area contributed by atoms with Gasteiger partial charge in [0.2, 0.25) is 5.91 Å². The second-order valence-corrected chi connectivity index (χ2v) is 3.36. The maximum atomic E-state index is 11.0. The van der Waals surface area contributed by atoms with Gasteiger partial charge in [-0.15, -0.1) is 0 Å². The Bertz CT molecular complexity index is 168. The summed E-state index contributed by atoms with van der Waals surface area (Å²) in [5, 5.41) is 2.57. The van der Waals surface area contributed by atoms with Crippen LogP contribution in [0, 0.1) is 5.92 Å². The van der Waals surface area contributed by atoms with Crippen LogP contribution in [0.2, 0.25) is 0 Å². The van der Waals surface area contributed by atoms with Crippen LogP contribution in [0.1, 0.15) is 20.8 Å². The van der Waals surface area contributed by atoms with Crippen molar-refractivity contribution in [3.8, 4) is 0 Å². The minimum atomic E-state index is -0.394. The van der Waals surface area contributed by atoms with E-state index >= 15 is 0 Å². The Balaban J connectivity index is 3.85. The minimum Gasteiger partial charge on any atom is -0.346 e. The maximum absolute atomic E-state index is 11.0. The Morgan fingerprint density at radius 1 is 1.27 bits per heavy atom. The monoisotopic (exact) mass is 175 g/mol. The highest BCUT2D eigenvalue weighted by molar-refractivity contribution is 7.40. The van der Waals surface area contributed by atoms with Crippen LogP contribution in [-0.2, 0) is 9.59 Å². The largest absolute Gasteiger partial charge is 0.346 e. The molecule has 0 fully saturated rings. The number of carbonyl (C=O) groups is 2. The second kappa shape index (κ2) is 4.45. The highest BCUT2D eigenvalue weighted by Crippen LogP contribution is 1.96. The molecule has 4 heteroatoms. The van der Waals surface area contributed by atoms with E-state index in [9.17, 15) is 9.59 Å². The lowest BCUT2D eigenvalue weighted by Crippen LogP contribution is -2.38. The average molecular weight is 175 g/mol. The molecule has 0 saturated carbocycles. The third-order valence-corrected chi connectivity index (χ3v) is 1.81. The molecule has 0 rings (SSSR count). The third-order valence-electron chi connectivity index (χ3n) is 1.31. The lowest BCUT2D eigenvalue weighted by atomic mass is 10.2. The standard InChI is InChI=1S/C7H14NO2P/c1-4(2)6(9)8-5(3)7(10)11/h4-5H,11H2,1-3H3,(H,8,9)/t5-/m0/s1. The van der Waals surface area contributed by atoms with E-state index in [4.69, 9.17) is 0 Å². The van der Waals surface area contributed by atoms with Crippen molar-refractivity contribution in [2.45, 2.75) is 26.8 Å². The van der Waals surface area contributed by atoms with Crippen LogP contribution >= 0.6 is 9.24 Å². The third kappa shape index (κ3) is 4.10. The summed E-state index contributed by atoms with van der Waals surface area (Å²) in [4.78, 5) is 21.6. The zero-order valence-corrected chi connectivity index (χ0v) is 8.20. The van der Waals surface area contributed by atoms with E-state index in [0.29, 0.717) is 0 Å². The van der Waals surface area contributed by atoms with Crippen LogP contribution < -0.4 is 5.32 Å². The first-order valence-corrected chi connectivity index (χ1v) is 4.12. The molecule has 0 heterocycles. The predicted octanol–water partition coefficient (Wildman–Crippen LogP) is 0.549. The maximum Gasteiger partial charge on any atom is 0.223 e. The molecule has 0 aliphatic heterocycles. The van der Waals surface area contributed by atoms with Gasteiger partial charge in [-0.25, -0.2) is 0 Å². The zero-order valence-electron chi connectivity index (χ0n) is 7.05. The topological polar surface area (TPSA) is 46.2 Å². The molecule has 1 unspecified atom stereocenters. The Morgan fingerprint density at radius 2 is 1.73 bits per heavy atom. The van der Waals surface area contributed by atoms with Crippen molar-refractivity contribution in [1.29, 1.82) is 0 Å². The first kappa shape index (κ1) is 10.6. The van der Waals surface area contributed by atoms with Gasteiger partial charge in [-0.05, 0) is 6.92 Å². The predicted molar refractivity (Wildman–Crippen MR) is 47.2 cm³/mol. The van der Waals surface area contributed by atoms with E-state index in [1.807, 2.05) is 9.24 Å². The van der Waals surface area contributed by atoms with E-state index < -0.39 is 6.04 Å². The van der Waals surface area contributed by atoms with Crippen molar-refractivity contribution in [3.63, 3.8) is 0 Å². The van der Waals surface area contributed by atoms with E-state index in [2.05, 4.69) is 5.32 Å². The van der Waals surface area contributed by atoms with E-state index in [-0.39, 0.29) is 17.3 Å². The molecule has 64 valence electrons. The van der Waals surface area contributed by atoms with Gasteiger partial charge in [-0.1, -0.05) is 23.1 Å². The summed E-state index contributed by atoms with van der Waals surface area (Å²) in [6, 6.07) is -0.394. The molecule has 3 nitrogen and oxygen atoms in total. The molecule has 0 saturated heterocycles. The molecule has 0 bridgehead atoms. The summed E-state index contributed by atoms with van der Waals surface area (Å²) < 4.78 is 0. The molecule has 0 spiro atoms. The number of hydrogen-bond donors (Lipinski definition) is 1. The lowest BCUT2D eigenvalue weighted by molar-refractivity contribution is -0.126. The molecule has 11 heavy (non-hydrogen) atoms. The molecule has 0 aromatic heterocycles. The van der Waals surface area contributed by atoms with Crippen LogP contribution in [0.3, 0.4) is 0 Å². The SMILES string of the molecule is CC(C)C(=O)N[C@@H](C)C(=O)P. The molecule has 0 aromatic carbocycles. The van der Waals surface area contributed by atoms with Crippen molar-refractivity contribution in [2.75, 3.05) is 0 Å². The van der Waals surface area contributed by atoms with Crippen LogP contribution in [0.5, 0.6) is 0 Å². The Kier molecular flexibility index (Phi) is 4.27. The second-order valence-electron chi connectivity index (χ2n) is 2.79. The Hall–Kier alpha value is -0.430. The van der Waals surface area contributed by atoms with Crippen molar-refractivity contribution in [3.05, 3.63) is 0 Å². The van der Waals surface area contributed by atoms with Crippen molar-refractivity contribution < 1.29 is 9.59 Å². The van der Waals surface area contributed by atoms with Gasteiger partial charge in [0.15, 0.2) is 5.52 Å². The van der Waals surface area contributed by atoms with Crippen LogP contribution in [0.15, 0.2) is 0 Å². The first-order valence-electron chi connectivity index (χ1n) is 3.54. The molecule has 0 radical (unpaired) electrons. The summed E-state index contributed by atoms with van der Waals surface area (Å²) in [6.45, 7) is 5.24. The molecular formula is C7H14NO2P. The van der Waals surface area contributed by atoms with E-state index in [1.165, 1.54) is 0 Å². The number of hydrogen-bond acceptors (Lipinski definition) is 2. The highest BCUT2D eigenvalue weighted by Gasteiger charge is 2.13. The van der Waals surface area contributed by atoms with Crippen LogP contribution in [-0.4, -0.2) is 17.5 Å². The molecule has 0 aromatic rings. The fourth-order valence-corrected chi connectivity index (χ4v) is 0.535. The number of rotatable bonds is 3. The molecule has 0 aliphatic carbocycles. The molecule has 1 N–H and O–H groups in total. The summed E-state index contributed by atoms with van der Waals surface area (Å²) in [5.74, 6) is -0.157. The molecule has 1 amide bonds. The van der Waals surface area contributed by atoms with Gasteiger partial charge in [0, 0.05) is 5.92 Å². The van der Waals surface area contributed by atoms with Gasteiger partial charge in [0.25, 0.3) is 0 Å². The molecular weight excluding hydrogens is 161 g/mol. The van der Waals surface area contributed by atoms with Gasteiger partial charge >= 0.3 is 0 Å². The van der Waals surface area contributed by atoms with Gasteiger partial charge < -0.3 is 5.32 Å². The van der Waals surface area contributed by atoms with Crippen LogP contribution in [0.4, 0.5) is 0 Å². The van der Waals surface area contributed by atoms with Gasteiger partial charge in [0.05, 0.1) is 6.04 Å². The fourth-order valence-electron chi connectivity index (χ4n) is 0.451. The number of amides is 1. The summed E-state index contributed by atoms with van der Waals surface area (Å²) in [7, 11) is 2.04. The normalized spacial score (nSPS) is 12.8. The van der Waals surface area contributed by atoms with Crippen molar-refractivity contribution >= 4 is 20.7 Å². The van der Waals surface area contributed by atoms with Crippen LogP contribution in [0.25, 0.3) is 0 Å².